The standard InChI is InChI=1S/C14H24N2O/c1-3-4-12(7-8-17)10-16-13-6-5-11(2)14(15)9-13/h5-6,9,12,16-17H,3-4,7-8,10,15H2,1-2H3. The highest BCUT2D eigenvalue weighted by molar-refractivity contribution is 5.58. The van der Waals surface area contributed by atoms with Crippen LogP contribution in [0.15, 0.2) is 18.2 Å². The monoisotopic (exact) mass is 236 g/mol. The summed E-state index contributed by atoms with van der Waals surface area (Å²) in [4.78, 5) is 0. The molecular weight excluding hydrogens is 212 g/mol. The van der Waals surface area contributed by atoms with Gasteiger partial charge in [0, 0.05) is 24.5 Å². The molecule has 1 atom stereocenters. The van der Waals surface area contributed by atoms with Gasteiger partial charge in [0.2, 0.25) is 0 Å². The highest BCUT2D eigenvalue weighted by Gasteiger charge is 2.07. The van der Waals surface area contributed by atoms with Crippen LogP contribution in [0.4, 0.5) is 11.4 Å². The van der Waals surface area contributed by atoms with Gasteiger partial charge >= 0.3 is 0 Å². The van der Waals surface area contributed by atoms with Crippen LogP contribution < -0.4 is 11.1 Å². The van der Waals surface area contributed by atoms with Crippen LogP contribution >= 0.6 is 0 Å². The highest BCUT2D eigenvalue weighted by Crippen LogP contribution is 2.18. The van der Waals surface area contributed by atoms with E-state index in [1.807, 2.05) is 25.1 Å². The van der Waals surface area contributed by atoms with E-state index in [-0.39, 0.29) is 6.61 Å². The van der Waals surface area contributed by atoms with Crippen molar-refractivity contribution in [2.45, 2.75) is 33.1 Å². The molecule has 0 amide bonds. The molecule has 96 valence electrons. The number of nitrogen functional groups attached to an aromatic ring is 1. The molecule has 0 radical (unpaired) electrons. The first-order chi connectivity index (χ1) is 8.17. The van der Waals surface area contributed by atoms with Gasteiger partial charge in [-0.2, -0.15) is 0 Å². The van der Waals surface area contributed by atoms with E-state index in [0.717, 1.165) is 42.7 Å². The average Bonchev–Trinajstić information content (AvgIpc) is 2.31. The normalized spacial score (nSPS) is 12.4. The van der Waals surface area contributed by atoms with Crippen molar-refractivity contribution >= 4 is 11.4 Å². The van der Waals surface area contributed by atoms with Crippen LogP contribution in [0.1, 0.15) is 31.7 Å². The zero-order valence-corrected chi connectivity index (χ0v) is 10.9. The maximum atomic E-state index is 8.99. The van der Waals surface area contributed by atoms with E-state index in [9.17, 15) is 0 Å². The Morgan fingerprint density at radius 3 is 2.71 bits per heavy atom. The third-order valence-corrected chi connectivity index (χ3v) is 3.11. The zero-order chi connectivity index (χ0) is 12.7. The van der Waals surface area contributed by atoms with Crippen molar-refractivity contribution in [1.29, 1.82) is 0 Å². The summed E-state index contributed by atoms with van der Waals surface area (Å²) >= 11 is 0. The molecule has 0 saturated heterocycles. The molecule has 1 unspecified atom stereocenters. The van der Waals surface area contributed by atoms with Crippen LogP contribution in [0.25, 0.3) is 0 Å². The Kier molecular flexibility index (Phi) is 5.84. The van der Waals surface area contributed by atoms with E-state index in [4.69, 9.17) is 10.8 Å². The molecule has 0 aliphatic rings. The minimum absolute atomic E-state index is 0.266. The van der Waals surface area contributed by atoms with Crippen molar-refractivity contribution < 1.29 is 5.11 Å². The van der Waals surface area contributed by atoms with Gasteiger partial charge in [-0.15, -0.1) is 0 Å². The molecule has 1 aromatic rings. The predicted octanol–water partition coefficient (Wildman–Crippen LogP) is 2.79. The number of nitrogens with two attached hydrogens (primary N) is 1. The summed E-state index contributed by atoms with van der Waals surface area (Å²) in [6, 6.07) is 6.05. The molecule has 0 spiro atoms. The molecule has 1 aromatic carbocycles. The lowest BCUT2D eigenvalue weighted by Crippen LogP contribution is -2.15. The van der Waals surface area contributed by atoms with E-state index in [2.05, 4.69) is 12.2 Å². The van der Waals surface area contributed by atoms with Crippen LogP contribution in [0.2, 0.25) is 0 Å². The molecule has 1 rings (SSSR count). The van der Waals surface area contributed by atoms with Gasteiger partial charge < -0.3 is 16.2 Å². The van der Waals surface area contributed by atoms with Gasteiger partial charge in [-0.05, 0) is 43.4 Å². The minimum Gasteiger partial charge on any atom is -0.398 e. The lowest BCUT2D eigenvalue weighted by atomic mass is 10.00. The molecule has 3 nitrogen and oxygen atoms in total. The summed E-state index contributed by atoms with van der Waals surface area (Å²) in [7, 11) is 0. The van der Waals surface area contributed by atoms with Gasteiger partial charge in [0.05, 0.1) is 0 Å². The molecular formula is C14H24N2O. The summed E-state index contributed by atoms with van der Waals surface area (Å²) in [6.07, 6.45) is 3.17. The second kappa shape index (κ2) is 7.17. The van der Waals surface area contributed by atoms with Crippen LogP contribution in [0.5, 0.6) is 0 Å². The van der Waals surface area contributed by atoms with E-state index in [1.54, 1.807) is 0 Å². The number of benzene rings is 1. The van der Waals surface area contributed by atoms with E-state index < -0.39 is 0 Å². The summed E-state index contributed by atoms with van der Waals surface area (Å²) in [5, 5.41) is 12.4. The van der Waals surface area contributed by atoms with Crippen molar-refractivity contribution in [2.75, 3.05) is 24.2 Å². The molecule has 3 heteroatoms. The molecule has 0 heterocycles. The number of aliphatic hydroxyl groups is 1. The Morgan fingerprint density at radius 1 is 1.35 bits per heavy atom. The first-order valence-corrected chi connectivity index (χ1v) is 6.38. The topological polar surface area (TPSA) is 58.3 Å². The second-order valence-corrected chi connectivity index (χ2v) is 4.62. The minimum atomic E-state index is 0.266. The van der Waals surface area contributed by atoms with Crippen molar-refractivity contribution in [2.24, 2.45) is 5.92 Å². The zero-order valence-electron chi connectivity index (χ0n) is 10.9. The smallest absolute Gasteiger partial charge is 0.0434 e. The summed E-state index contributed by atoms with van der Waals surface area (Å²) in [5.74, 6) is 0.535. The molecule has 4 N–H and O–H groups in total. The first kappa shape index (κ1) is 13.8. The Morgan fingerprint density at radius 2 is 2.12 bits per heavy atom. The number of nitrogens with one attached hydrogen (secondary N) is 1. The van der Waals surface area contributed by atoms with Crippen molar-refractivity contribution in [3.63, 3.8) is 0 Å². The maximum Gasteiger partial charge on any atom is 0.0434 e. The summed E-state index contributed by atoms with van der Waals surface area (Å²) in [5.41, 5.74) is 8.86. The predicted molar refractivity (Wildman–Crippen MR) is 74.2 cm³/mol. The van der Waals surface area contributed by atoms with Gasteiger partial charge in [0.15, 0.2) is 0 Å². The number of hydrogen-bond acceptors (Lipinski definition) is 3. The lowest BCUT2D eigenvalue weighted by molar-refractivity contribution is 0.255. The fourth-order valence-electron chi connectivity index (χ4n) is 1.95. The highest BCUT2D eigenvalue weighted by atomic mass is 16.3. The number of rotatable bonds is 7. The van der Waals surface area contributed by atoms with Gasteiger partial charge in [0.1, 0.15) is 0 Å². The first-order valence-electron chi connectivity index (χ1n) is 6.38. The quantitative estimate of drug-likeness (QED) is 0.638. The molecule has 0 aliphatic carbocycles. The number of aryl methyl sites for hydroxylation is 1. The Hall–Kier alpha value is -1.22. The Bertz CT molecular complexity index is 333. The fourth-order valence-corrected chi connectivity index (χ4v) is 1.95. The van der Waals surface area contributed by atoms with E-state index in [0.29, 0.717) is 5.92 Å². The van der Waals surface area contributed by atoms with Crippen LogP contribution in [-0.4, -0.2) is 18.3 Å². The number of anilines is 2. The number of aliphatic hydroxyl groups excluding tert-OH is 1. The largest absolute Gasteiger partial charge is 0.398 e. The maximum absolute atomic E-state index is 8.99. The Balaban J connectivity index is 2.49. The van der Waals surface area contributed by atoms with Gasteiger partial charge in [-0.1, -0.05) is 19.4 Å². The molecule has 0 aliphatic heterocycles. The second-order valence-electron chi connectivity index (χ2n) is 4.62. The van der Waals surface area contributed by atoms with E-state index >= 15 is 0 Å². The lowest BCUT2D eigenvalue weighted by Gasteiger charge is -2.17. The molecule has 0 fully saturated rings. The van der Waals surface area contributed by atoms with Gasteiger partial charge in [-0.25, -0.2) is 0 Å². The van der Waals surface area contributed by atoms with Crippen molar-refractivity contribution in [3.05, 3.63) is 23.8 Å². The van der Waals surface area contributed by atoms with Gasteiger partial charge in [-0.3, -0.25) is 0 Å². The summed E-state index contributed by atoms with van der Waals surface area (Å²) < 4.78 is 0. The third kappa shape index (κ3) is 4.65. The van der Waals surface area contributed by atoms with Gasteiger partial charge in [0.25, 0.3) is 0 Å². The summed E-state index contributed by atoms with van der Waals surface area (Å²) in [6.45, 7) is 5.35. The third-order valence-electron chi connectivity index (χ3n) is 3.11. The van der Waals surface area contributed by atoms with Crippen molar-refractivity contribution in [3.8, 4) is 0 Å². The Labute approximate surface area is 104 Å². The molecule has 0 saturated carbocycles. The fraction of sp³-hybridized carbons (Fsp3) is 0.571. The van der Waals surface area contributed by atoms with Crippen LogP contribution in [-0.2, 0) is 0 Å². The molecule has 0 bridgehead atoms. The average molecular weight is 236 g/mol. The van der Waals surface area contributed by atoms with E-state index in [1.165, 1.54) is 0 Å². The molecule has 17 heavy (non-hydrogen) atoms. The number of hydrogen-bond donors (Lipinski definition) is 3. The van der Waals surface area contributed by atoms with Crippen molar-refractivity contribution in [1.82, 2.24) is 0 Å². The van der Waals surface area contributed by atoms with Crippen LogP contribution in [0, 0.1) is 12.8 Å². The molecule has 0 aromatic heterocycles. The van der Waals surface area contributed by atoms with Crippen LogP contribution in [0.3, 0.4) is 0 Å². The SMILES string of the molecule is CCCC(CCO)CNc1ccc(C)c(N)c1.